The summed E-state index contributed by atoms with van der Waals surface area (Å²) in [6, 6.07) is 4.24. The number of amides is 1. The number of halogens is 1. The Kier molecular flexibility index (Phi) is 3.62. The summed E-state index contributed by atoms with van der Waals surface area (Å²) in [6.07, 6.45) is 0.238. The molecule has 0 bridgehead atoms. The number of carbonyl (C=O) groups excluding carboxylic acids is 1. The molecule has 1 amide bonds. The molecule has 80 valence electrons. The molecule has 0 atom stereocenters. The van der Waals surface area contributed by atoms with E-state index in [9.17, 15) is 14.9 Å². The zero-order valence-electron chi connectivity index (χ0n) is 7.99. The van der Waals surface area contributed by atoms with Gasteiger partial charge in [0.25, 0.3) is 5.69 Å². The molecule has 0 unspecified atom stereocenters. The van der Waals surface area contributed by atoms with Crippen LogP contribution in [0.2, 0.25) is 5.02 Å². The minimum Gasteiger partial charge on any atom is -0.319 e. The highest BCUT2D eigenvalue weighted by molar-refractivity contribution is 6.34. The molecular weight excluding hydrogens is 220 g/mol. The number of hydrogen-bond donors (Lipinski definition) is 1. The van der Waals surface area contributed by atoms with Crippen molar-refractivity contribution in [3.63, 3.8) is 0 Å². The van der Waals surface area contributed by atoms with E-state index in [1.54, 1.807) is 6.92 Å². The van der Waals surface area contributed by atoms with Crippen molar-refractivity contribution in [2.24, 2.45) is 0 Å². The average molecular weight is 229 g/mol. The molecule has 0 spiro atoms. The monoisotopic (exact) mass is 228 g/mol. The molecule has 0 saturated carbocycles. The SMILES string of the molecule is CCC(=O)Nc1c(Cl)cccc1[N+](=O)[O-]. The van der Waals surface area contributed by atoms with E-state index in [-0.39, 0.29) is 28.7 Å². The van der Waals surface area contributed by atoms with Crippen molar-refractivity contribution in [2.45, 2.75) is 13.3 Å². The Balaban J connectivity index is 3.13. The van der Waals surface area contributed by atoms with E-state index in [4.69, 9.17) is 11.6 Å². The van der Waals surface area contributed by atoms with Crippen molar-refractivity contribution in [3.05, 3.63) is 33.3 Å². The van der Waals surface area contributed by atoms with Crippen LogP contribution in [0.25, 0.3) is 0 Å². The predicted molar refractivity (Wildman–Crippen MR) is 57.0 cm³/mol. The van der Waals surface area contributed by atoms with Gasteiger partial charge in [-0.2, -0.15) is 0 Å². The predicted octanol–water partition coefficient (Wildman–Crippen LogP) is 2.60. The van der Waals surface area contributed by atoms with Crippen molar-refractivity contribution >= 4 is 28.9 Å². The second-order valence-electron chi connectivity index (χ2n) is 2.79. The maximum Gasteiger partial charge on any atom is 0.294 e. The van der Waals surface area contributed by atoms with Crippen molar-refractivity contribution in [1.82, 2.24) is 0 Å². The number of anilines is 1. The van der Waals surface area contributed by atoms with Gasteiger partial charge in [-0.1, -0.05) is 24.6 Å². The number of nitrogens with one attached hydrogen (secondary N) is 1. The summed E-state index contributed by atoms with van der Waals surface area (Å²) in [7, 11) is 0. The Labute approximate surface area is 91.2 Å². The Morgan fingerprint density at radius 2 is 2.27 bits per heavy atom. The lowest BCUT2D eigenvalue weighted by Gasteiger charge is -2.05. The molecule has 0 heterocycles. The van der Waals surface area contributed by atoms with Gasteiger partial charge in [-0.25, -0.2) is 0 Å². The smallest absolute Gasteiger partial charge is 0.294 e. The largest absolute Gasteiger partial charge is 0.319 e. The third-order valence-electron chi connectivity index (χ3n) is 1.77. The van der Waals surface area contributed by atoms with Crippen molar-refractivity contribution in [1.29, 1.82) is 0 Å². The van der Waals surface area contributed by atoms with E-state index in [0.29, 0.717) is 0 Å². The van der Waals surface area contributed by atoms with Crippen LogP contribution in [0.3, 0.4) is 0 Å². The molecule has 0 aliphatic heterocycles. The van der Waals surface area contributed by atoms with Crippen LogP contribution < -0.4 is 5.32 Å². The highest BCUT2D eigenvalue weighted by atomic mass is 35.5. The third-order valence-corrected chi connectivity index (χ3v) is 2.09. The highest BCUT2D eigenvalue weighted by Gasteiger charge is 2.17. The van der Waals surface area contributed by atoms with Gasteiger partial charge in [-0.3, -0.25) is 14.9 Å². The minimum absolute atomic E-state index is 0.0519. The maximum absolute atomic E-state index is 11.1. The van der Waals surface area contributed by atoms with Crippen molar-refractivity contribution in [2.75, 3.05) is 5.32 Å². The normalized spacial score (nSPS) is 9.73. The minimum atomic E-state index is -0.586. The fourth-order valence-corrected chi connectivity index (χ4v) is 1.23. The van der Waals surface area contributed by atoms with Gasteiger partial charge in [0.2, 0.25) is 5.91 Å². The zero-order chi connectivity index (χ0) is 11.4. The fraction of sp³-hybridized carbons (Fsp3) is 0.222. The third kappa shape index (κ3) is 2.66. The summed E-state index contributed by atoms with van der Waals surface area (Å²) in [4.78, 5) is 21.2. The van der Waals surface area contributed by atoms with E-state index in [1.807, 2.05) is 0 Å². The van der Waals surface area contributed by atoms with Gasteiger partial charge in [-0.15, -0.1) is 0 Å². The maximum atomic E-state index is 11.1. The molecule has 1 N–H and O–H groups in total. The first kappa shape index (κ1) is 11.5. The molecule has 0 saturated heterocycles. The first-order valence-corrected chi connectivity index (χ1v) is 4.66. The van der Waals surface area contributed by atoms with Crippen LogP contribution in [-0.4, -0.2) is 10.8 Å². The molecule has 1 aromatic carbocycles. The van der Waals surface area contributed by atoms with Crippen LogP contribution in [0.5, 0.6) is 0 Å². The molecule has 0 aliphatic carbocycles. The molecule has 1 rings (SSSR count). The van der Waals surface area contributed by atoms with E-state index < -0.39 is 4.92 Å². The number of nitro groups is 1. The highest BCUT2D eigenvalue weighted by Crippen LogP contribution is 2.31. The quantitative estimate of drug-likeness (QED) is 0.638. The van der Waals surface area contributed by atoms with Gasteiger partial charge in [-0.05, 0) is 6.07 Å². The number of rotatable bonds is 3. The lowest BCUT2D eigenvalue weighted by Crippen LogP contribution is -2.11. The van der Waals surface area contributed by atoms with E-state index >= 15 is 0 Å². The molecule has 15 heavy (non-hydrogen) atoms. The number of benzene rings is 1. The van der Waals surface area contributed by atoms with E-state index in [0.717, 1.165) is 0 Å². The molecular formula is C9H9ClN2O3. The number of para-hydroxylation sites is 1. The summed E-state index contributed by atoms with van der Waals surface area (Å²) < 4.78 is 0. The fourth-order valence-electron chi connectivity index (χ4n) is 1.02. The second kappa shape index (κ2) is 4.75. The summed E-state index contributed by atoms with van der Waals surface area (Å²) >= 11 is 5.76. The average Bonchev–Trinajstić information content (AvgIpc) is 2.20. The van der Waals surface area contributed by atoms with Gasteiger partial charge >= 0.3 is 0 Å². The van der Waals surface area contributed by atoms with Gasteiger partial charge in [0.05, 0.1) is 9.95 Å². The standard InChI is InChI=1S/C9H9ClN2O3/c1-2-8(13)11-9-6(10)4-3-5-7(9)12(14)15/h3-5H,2H2,1H3,(H,11,13). The Hall–Kier alpha value is -1.62. The van der Waals surface area contributed by atoms with Gasteiger partial charge in [0, 0.05) is 12.5 Å². The van der Waals surface area contributed by atoms with Crippen LogP contribution in [0.4, 0.5) is 11.4 Å². The molecule has 0 aliphatic rings. The molecule has 5 nitrogen and oxygen atoms in total. The Bertz CT molecular complexity index is 406. The zero-order valence-corrected chi connectivity index (χ0v) is 8.75. The topological polar surface area (TPSA) is 72.2 Å². The lowest BCUT2D eigenvalue weighted by atomic mass is 10.2. The summed E-state index contributed by atoms with van der Waals surface area (Å²) in [5.41, 5.74) is -0.152. The Morgan fingerprint density at radius 1 is 1.60 bits per heavy atom. The van der Waals surface area contributed by atoms with Gasteiger partial charge < -0.3 is 5.32 Å². The summed E-state index contributed by atoms with van der Waals surface area (Å²) in [5, 5.41) is 13.2. The number of nitrogens with zero attached hydrogens (tertiary/aromatic N) is 1. The number of hydrogen-bond acceptors (Lipinski definition) is 3. The lowest BCUT2D eigenvalue weighted by molar-refractivity contribution is -0.383. The summed E-state index contributed by atoms with van der Waals surface area (Å²) in [6.45, 7) is 1.65. The van der Waals surface area contributed by atoms with E-state index in [1.165, 1.54) is 18.2 Å². The van der Waals surface area contributed by atoms with Crippen LogP contribution in [0, 0.1) is 10.1 Å². The van der Waals surface area contributed by atoms with E-state index in [2.05, 4.69) is 5.32 Å². The molecule has 0 aromatic heterocycles. The van der Waals surface area contributed by atoms with Crippen LogP contribution in [0.15, 0.2) is 18.2 Å². The molecule has 0 radical (unpaired) electrons. The van der Waals surface area contributed by atoms with Gasteiger partial charge in [0.1, 0.15) is 5.69 Å². The molecule has 6 heteroatoms. The van der Waals surface area contributed by atoms with Crippen LogP contribution in [0.1, 0.15) is 13.3 Å². The van der Waals surface area contributed by atoms with Gasteiger partial charge in [0.15, 0.2) is 0 Å². The van der Waals surface area contributed by atoms with Crippen LogP contribution >= 0.6 is 11.6 Å². The molecule has 0 fully saturated rings. The van der Waals surface area contributed by atoms with Crippen molar-refractivity contribution in [3.8, 4) is 0 Å². The first-order chi connectivity index (χ1) is 7.06. The second-order valence-corrected chi connectivity index (χ2v) is 3.20. The summed E-state index contributed by atoms with van der Waals surface area (Å²) in [5.74, 6) is -0.314. The van der Waals surface area contributed by atoms with Crippen molar-refractivity contribution < 1.29 is 9.72 Å². The number of carbonyl (C=O) groups is 1. The first-order valence-electron chi connectivity index (χ1n) is 4.29. The number of nitro benzene ring substituents is 1. The Morgan fingerprint density at radius 3 is 2.80 bits per heavy atom. The molecule has 1 aromatic rings. The van der Waals surface area contributed by atoms with Crippen LogP contribution in [-0.2, 0) is 4.79 Å².